The number of halogens is 1. The van der Waals surface area contributed by atoms with E-state index in [1.54, 1.807) is 0 Å². The highest BCUT2D eigenvalue weighted by Gasteiger charge is 2.31. The Labute approximate surface area is 167 Å². The van der Waals surface area contributed by atoms with Crippen molar-refractivity contribution in [3.05, 3.63) is 0 Å². The molecule has 2 unspecified atom stereocenters. The molecule has 0 aliphatic carbocycles. The third kappa shape index (κ3) is 8.34. The molecule has 1 fully saturated rings. The minimum atomic E-state index is 0. The number of aliphatic imine (C=N–C) groups is 1. The molecule has 0 radical (unpaired) electrons. The second kappa shape index (κ2) is 10.8. The van der Waals surface area contributed by atoms with Crippen molar-refractivity contribution in [1.82, 2.24) is 20.4 Å². The quantitative estimate of drug-likeness (QED) is 0.353. The Bertz CT molecular complexity index is 382. The molecular weight excluding hydrogens is 413 g/mol. The summed E-state index contributed by atoms with van der Waals surface area (Å²) in [6, 6.07) is 1.09. The van der Waals surface area contributed by atoms with E-state index < -0.39 is 0 Å². The number of nitrogens with one attached hydrogen (secondary N) is 2. The van der Waals surface area contributed by atoms with Crippen molar-refractivity contribution in [2.45, 2.75) is 53.6 Å². The lowest BCUT2D eigenvalue weighted by Gasteiger charge is -2.27. The second-order valence-corrected chi connectivity index (χ2v) is 8.37. The highest BCUT2D eigenvalue weighted by Crippen LogP contribution is 2.19. The molecule has 1 aliphatic rings. The Balaban J connectivity index is 0.00000529. The lowest BCUT2D eigenvalue weighted by Crippen LogP contribution is -2.47. The second-order valence-electron chi connectivity index (χ2n) is 8.37. The summed E-state index contributed by atoms with van der Waals surface area (Å²) in [5, 5.41) is 7.07. The lowest BCUT2D eigenvalue weighted by molar-refractivity contribution is 0.248. The van der Waals surface area contributed by atoms with Crippen LogP contribution in [0.15, 0.2) is 4.99 Å². The van der Waals surface area contributed by atoms with Crippen molar-refractivity contribution >= 4 is 29.9 Å². The molecule has 6 heteroatoms. The van der Waals surface area contributed by atoms with E-state index in [0.717, 1.165) is 32.1 Å². The predicted molar refractivity (Wildman–Crippen MR) is 117 cm³/mol. The number of rotatable bonds is 7. The molecule has 0 aromatic carbocycles. The molecule has 1 heterocycles. The van der Waals surface area contributed by atoms with Gasteiger partial charge in [-0.25, -0.2) is 0 Å². The number of likely N-dealkylation sites (tertiary alicyclic amines) is 1. The molecule has 24 heavy (non-hydrogen) atoms. The fourth-order valence-electron chi connectivity index (χ4n) is 3.31. The first-order chi connectivity index (χ1) is 10.6. The van der Waals surface area contributed by atoms with Crippen LogP contribution in [-0.2, 0) is 0 Å². The van der Waals surface area contributed by atoms with E-state index in [1.807, 2.05) is 0 Å². The molecule has 1 aliphatic heterocycles. The van der Waals surface area contributed by atoms with E-state index in [1.165, 1.54) is 6.54 Å². The zero-order valence-corrected chi connectivity index (χ0v) is 19.3. The van der Waals surface area contributed by atoms with Crippen molar-refractivity contribution in [2.75, 3.05) is 46.8 Å². The van der Waals surface area contributed by atoms with E-state index >= 15 is 0 Å². The summed E-state index contributed by atoms with van der Waals surface area (Å²) in [6.07, 6.45) is 0. The Kier molecular flexibility index (Phi) is 10.8. The SMILES string of the molecule is CCNC(=NCC(C)(C)CN(C)C)NC1CN(C(C)C)CC1C.I. The molecular formula is C18H40IN5. The van der Waals surface area contributed by atoms with Crippen molar-refractivity contribution in [2.24, 2.45) is 16.3 Å². The van der Waals surface area contributed by atoms with E-state index in [2.05, 4.69) is 76.1 Å². The first-order valence-corrected chi connectivity index (χ1v) is 9.08. The van der Waals surface area contributed by atoms with Gasteiger partial charge in [0.05, 0.1) is 0 Å². The molecule has 1 saturated heterocycles. The Morgan fingerprint density at radius 2 is 1.92 bits per heavy atom. The van der Waals surface area contributed by atoms with Gasteiger partial charge in [0.1, 0.15) is 0 Å². The summed E-state index contributed by atoms with van der Waals surface area (Å²) in [5.41, 5.74) is 0.178. The summed E-state index contributed by atoms with van der Waals surface area (Å²) in [6.45, 7) is 18.6. The predicted octanol–water partition coefficient (Wildman–Crippen LogP) is 2.48. The molecule has 0 saturated carbocycles. The van der Waals surface area contributed by atoms with Gasteiger partial charge in [0, 0.05) is 44.8 Å². The van der Waals surface area contributed by atoms with E-state index in [0.29, 0.717) is 18.0 Å². The van der Waals surface area contributed by atoms with Gasteiger partial charge in [0.25, 0.3) is 0 Å². The van der Waals surface area contributed by atoms with Gasteiger partial charge in [-0.3, -0.25) is 9.89 Å². The molecule has 1 rings (SSSR count). The Morgan fingerprint density at radius 1 is 1.29 bits per heavy atom. The summed E-state index contributed by atoms with van der Waals surface area (Å²) in [4.78, 5) is 9.63. The number of hydrogen-bond acceptors (Lipinski definition) is 3. The van der Waals surface area contributed by atoms with Crippen LogP contribution in [-0.4, -0.2) is 74.7 Å². The van der Waals surface area contributed by atoms with Gasteiger partial charge in [0.15, 0.2) is 5.96 Å². The molecule has 0 bridgehead atoms. The maximum Gasteiger partial charge on any atom is 0.191 e. The van der Waals surface area contributed by atoms with E-state index in [9.17, 15) is 0 Å². The molecule has 2 atom stereocenters. The van der Waals surface area contributed by atoms with Crippen LogP contribution < -0.4 is 10.6 Å². The molecule has 2 N–H and O–H groups in total. The summed E-state index contributed by atoms with van der Waals surface area (Å²) < 4.78 is 0. The number of guanidine groups is 1. The van der Waals surface area contributed by atoms with Crippen LogP contribution in [0.4, 0.5) is 0 Å². The maximum atomic E-state index is 4.86. The Hall–Kier alpha value is -0.0800. The molecule has 0 amide bonds. The van der Waals surface area contributed by atoms with Crippen molar-refractivity contribution < 1.29 is 0 Å². The van der Waals surface area contributed by atoms with Crippen molar-refractivity contribution in [3.8, 4) is 0 Å². The van der Waals surface area contributed by atoms with Gasteiger partial charge in [-0.1, -0.05) is 20.8 Å². The minimum absolute atomic E-state index is 0. The molecule has 0 aromatic rings. The summed E-state index contributed by atoms with van der Waals surface area (Å²) in [7, 11) is 4.24. The van der Waals surface area contributed by atoms with Crippen molar-refractivity contribution in [3.63, 3.8) is 0 Å². The molecule has 0 aromatic heterocycles. The smallest absolute Gasteiger partial charge is 0.191 e. The fourth-order valence-corrected chi connectivity index (χ4v) is 3.31. The van der Waals surface area contributed by atoms with Crippen LogP contribution in [0.2, 0.25) is 0 Å². The zero-order valence-electron chi connectivity index (χ0n) is 17.0. The molecule has 144 valence electrons. The van der Waals surface area contributed by atoms with Gasteiger partial charge >= 0.3 is 0 Å². The summed E-state index contributed by atoms with van der Waals surface area (Å²) >= 11 is 0. The zero-order chi connectivity index (χ0) is 17.6. The topological polar surface area (TPSA) is 42.9 Å². The van der Waals surface area contributed by atoms with Gasteiger partial charge < -0.3 is 15.5 Å². The monoisotopic (exact) mass is 453 g/mol. The third-order valence-corrected chi connectivity index (χ3v) is 4.45. The number of hydrogen-bond donors (Lipinski definition) is 2. The van der Waals surface area contributed by atoms with Crippen molar-refractivity contribution in [1.29, 1.82) is 0 Å². The van der Waals surface area contributed by atoms with Crippen LogP contribution in [0.1, 0.15) is 41.5 Å². The number of nitrogens with zero attached hydrogens (tertiary/aromatic N) is 3. The van der Waals surface area contributed by atoms with Crippen LogP contribution in [0, 0.1) is 11.3 Å². The van der Waals surface area contributed by atoms with Gasteiger partial charge in [-0.05, 0) is 46.2 Å². The van der Waals surface area contributed by atoms with Gasteiger partial charge in [0.2, 0.25) is 0 Å². The highest BCUT2D eigenvalue weighted by atomic mass is 127. The van der Waals surface area contributed by atoms with Gasteiger partial charge in [-0.15, -0.1) is 24.0 Å². The first-order valence-electron chi connectivity index (χ1n) is 9.08. The Morgan fingerprint density at radius 3 is 2.38 bits per heavy atom. The maximum absolute atomic E-state index is 4.86. The average Bonchev–Trinajstić information content (AvgIpc) is 2.77. The van der Waals surface area contributed by atoms with Crippen LogP contribution in [0.5, 0.6) is 0 Å². The van der Waals surface area contributed by atoms with Gasteiger partial charge in [-0.2, -0.15) is 0 Å². The largest absolute Gasteiger partial charge is 0.357 e. The van der Waals surface area contributed by atoms with E-state index in [-0.39, 0.29) is 29.4 Å². The standard InChI is InChI=1S/C18H39N5.HI/c1-9-19-17(20-12-18(5,6)13-22(7)8)21-16-11-23(14(2)3)10-15(16)4;/h14-16H,9-13H2,1-8H3,(H2,19,20,21);1H. The third-order valence-electron chi connectivity index (χ3n) is 4.45. The average molecular weight is 453 g/mol. The first kappa shape index (κ1) is 23.9. The van der Waals surface area contributed by atoms with Crippen LogP contribution in [0.25, 0.3) is 0 Å². The lowest BCUT2D eigenvalue weighted by atomic mass is 9.93. The summed E-state index contributed by atoms with van der Waals surface area (Å²) in [5.74, 6) is 1.61. The van der Waals surface area contributed by atoms with Crippen LogP contribution >= 0.6 is 24.0 Å². The normalized spacial score (nSPS) is 22.8. The molecule has 0 spiro atoms. The molecule has 5 nitrogen and oxygen atoms in total. The fraction of sp³-hybridized carbons (Fsp3) is 0.944. The van der Waals surface area contributed by atoms with E-state index in [4.69, 9.17) is 4.99 Å². The minimum Gasteiger partial charge on any atom is -0.357 e. The highest BCUT2D eigenvalue weighted by molar-refractivity contribution is 14.0. The van der Waals surface area contributed by atoms with Crippen LogP contribution in [0.3, 0.4) is 0 Å².